The second-order valence-electron chi connectivity index (χ2n) is 6.26. The molecule has 2 fully saturated rings. The number of nitrogens with one attached hydrogen (secondary N) is 1. The Morgan fingerprint density at radius 3 is 2.71 bits per heavy atom. The molecule has 1 N–H and O–H groups in total. The van der Waals surface area contributed by atoms with Crippen molar-refractivity contribution in [2.24, 2.45) is 11.3 Å². The molecule has 2 aliphatic carbocycles. The Bertz CT molecular complexity index is 391. The van der Waals surface area contributed by atoms with E-state index in [0.29, 0.717) is 11.3 Å². The average Bonchev–Trinajstić information content (AvgIpc) is 3.10. The van der Waals surface area contributed by atoms with Crippen LogP contribution in [0.4, 0.5) is 0 Å². The lowest BCUT2D eigenvalue weighted by atomic mass is 9.90. The highest BCUT2D eigenvalue weighted by molar-refractivity contribution is 5.34. The summed E-state index contributed by atoms with van der Waals surface area (Å²) in [6.45, 7) is 8.21. The summed E-state index contributed by atoms with van der Waals surface area (Å²) in [7, 11) is 0. The normalized spacial score (nSPS) is 34.9. The molecule has 1 aromatic heterocycles. The third kappa shape index (κ3) is 1.50. The molecule has 0 aliphatic heterocycles. The van der Waals surface area contributed by atoms with Crippen LogP contribution in [0.3, 0.4) is 0 Å². The van der Waals surface area contributed by atoms with Crippen molar-refractivity contribution in [2.75, 3.05) is 6.54 Å². The number of furan rings is 1. The van der Waals surface area contributed by atoms with E-state index in [1.54, 1.807) is 0 Å². The molecule has 2 aliphatic rings. The average molecular weight is 233 g/mol. The maximum atomic E-state index is 5.71. The van der Waals surface area contributed by atoms with Gasteiger partial charge in [-0.2, -0.15) is 0 Å². The maximum Gasteiger partial charge on any atom is 0.110 e. The van der Waals surface area contributed by atoms with Crippen molar-refractivity contribution in [3.8, 4) is 0 Å². The van der Waals surface area contributed by atoms with Gasteiger partial charge < -0.3 is 9.73 Å². The molecule has 94 valence electrons. The molecular formula is C15H23NO. The van der Waals surface area contributed by atoms with Crippen LogP contribution in [0, 0.1) is 11.3 Å². The molecule has 0 amide bonds. The van der Waals surface area contributed by atoms with Crippen molar-refractivity contribution in [2.45, 2.75) is 51.5 Å². The SMILES string of the molecule is CCC1(c2ccco2)C(CNC2CC2)C1(C)C. The summed E-state index contributed by atoms with van der Waals surface area (Å²) in [4.78, 5) is 0. The Morgan fingerprint density at radius 1 is 1.41 bits per heavy atom. The molecule has 2 atom stereocenters. The highest BCUT2D eigenvalue weighted by Gasteiger charge is 2.71. The van der Waals surface area contributed by atoms with Crippen LogP contribution >= 0.6 is 0 Å². The second kappa shape index (κ2) is 3.61. The summed E-state index contributed by atoms with van der Waals surface area (Å²) in [5, 5.41) is 3.68. The van der Waals surface area contributed by atoms with Crippen molar-refractivity contribution < 1.29 is 4.42 Å². The first-order chi connectivity index (χ1) is 8.13. The van der Waals surface area contributed by atoms with Crippen LogP contribution in [-0.2, 0) is 5.41 Å². The smallest absolute Gasteiger partial charge is 0.110 e. The van der Waals surface area contributed by atoms with Gasteiger partial charge in [-0.3, -0.25) is 0 Å². The Morgan fingerprint density at radius 2 is 2.18 bits per heavy atom. The van der Waals surface area contributed by atoms with E-state index in [-0.39, 0.29) is 5.41 Å². The zero-order valence-electron chi connectivity index (χ0n) is 11.1. The second-order valence-corrected chi connectivity index (χ2v) is 6.26. The van der Waals surface area contributed by atoms with Gasteiger partial charge in [-0.25, -0.2) is 0 Å². The van der Waals surface area contributed by atoms with Gasteiger partial charge in [0.1, 0.15) is 5.76 Å². The third-order valence-electron chi connectivity index (χ3n) is 5.24. The van der Waals surface area contributed by atoms with Crippen LogP contribution in [0.15, 0.2) is 22.8 Å². The van der Waals surface area contributed by atoms with Crippen LogP contribution in [-0.4, -0.2) is 12.6 Å². The molecule has 0 spiro atoms. The molecule has 0 aromatic carbocycles. The molecule has 0 radical (unpaired) electrons. The lowest BCUT2D eigenvalue weighted by Crippen LogP contribution is -2.22. The fourth-order valence-corrected chi connectivity index (χ4v) is 3.87. The van der Waals surface area contributed by atoms with Crippen LogP contribution in [0.2, 0.25) is 0 Å². The molecule has 17 heavy (non-hydrogen) atoms. The Hall–Kier alpha value is -0.760. The highest BCUT2D eigenvalue weighted by Crippen LogP contribution is 2.71. The highest BCUT2D eigenvalue weighted by atomic mass is 16.3. The van der Waals surface area contributed by atoms with E-state index in [1.165, 1.54) is 25.0 Å². The topological polar surface area (TPSA) is 25.2 Å². The van der Waals surface area contributed by atoms with Gasteiger partial charge in [-0.05, 0) is 49.3 Å². The molecule has 2 saturated carbocycles. The van der Waals surface area contributed by atoms with Gasteiger partial charge in [0.25, 0.3) is 0 Å². The quantitative estimate of drug-likeness (QED) is 0.844. The Labute approximate surface area is 104 Å². The summed E-state index contributed by atoms with van der Waals surface area (Å²) in [5.41, 5.74) is 0.625. The third-order valence-corrected chi connectivity index (χ3v) is 5.24. The minimum absolute atomic E-state index is 0.262. The predicted octanol–water partition coefficient (Wildman–Crippen LogP) is 3.34. The van der Waals surface area contributed by atoms with Crippen molar-refractivity contribution in [3.05, 3.63) is 24.2 Å². The minimum atomic E-state index is 0.262. The van der Waals surface area contributed by atoms with E-state index in [0.717, 1.165) is 12.6 Å². The predicted molar refractivity (Wildman–Crippen MR) is 69.0 cm³/mol. The van der Waals surface area contributed by atoms with E-state index in [2.05, 4.69) is 32.2 Å². The first-order valence-corrected chi connectivity index (χ1v) is 6.90. The molecule has 1 aromatic rings. The maximum absolute atomic E-state index is 5.71. The van der Waals surface area contributed by atoms with E-state index >= 15 is 0 Å². The van der Waals surface area contributed by atoms with E-state index in [9.17, 15) is 0 Å². The lowest BCUT2D eigenvalue weighted by Gasteiger charge is -2.15. The van der Waals surface area contributed by atoms with Crippen LogP contribution in [0.25, 0.3) is 0 Å². The Kier molecular flexibility index (Phi) is 2.41. The van der Waals surface area contributed by atoms with Gasteiger partial charge in [0.15, 0.2) is 0 Å². The number of rotatable bonds is 5. The van der Waals surface area contributed by atoms with Crippen LogP contribution < -0.4 is 5.32 Å². The summed E-state index contributed by atoms with van der Waals surface area (Å²) in [5.74, 6) is 1.90. The van der Waals surface area contributed by atoms with Crippen molar-refractivity contribution in [3.63, 3.8) is 0 Å². The molecule has 2 heteroatoms. The van der Waals surface area contributed by atoms with Gasteiger partial charge in [-0.1, -0.05) is 20.8 Å². The molecule has 2 nitrogen and oxygen atoms in total. The van der Waals surface area contributed by atoms with Gasteiger partial charge in [0, 0.05) is 11.5 Å². The van der Waals surface area contributed by atoms with Gasteiger partial charge in [-0.15, -0.1) is 0 Å². The molecule has 0 saturated heterocycles. The summed E-state index contributed by atoms with van der Waals surface area (Å²) >= 11 is 0. The number of hydrogen-bond donors (Lipinski definition) is 1. The summed E-state index contributed by atoms with van der Waals surface area (Å²) in [6.07, 6.45) is 5.72. The van der Waals surface area contributed by atoms with Gasteiger partial charge in [0.05, 0.1) is 6.26 Å². The molecule has 0 bridgehead atoms. The largest absolute Gasteiger partial charge is 0.469 e. The summed E-state index contributed by atoms with van der Waals surface area (Å²) in [6, 6.07) is 4.98. The molecule has 1 heterocycles. The van der Waals surface area contributed by atoms with E-state index in [4.69, 9.17) is 4.42 Å². The fraction of sp³-hybridized carbons (Fsp3) is 0.733. The molecule has 3 rings (SSSR count). The number of hydrogen-bond acceptors (Lipinski definition) is 2. The van der Waals surface area contributed by atoms with Crippen LogP contribution in [0.5, 0.6) is 0 Å². The monoisotopic (exact) mass is 233 g/mol. The van der Waals surface area contributed by atoms with E-state index in [1.807, 2.05) is 12.3 Å². The fourth-order valence-electron chi connectivity index (χ4n) is 3.87. The van der Waals surface area contributed by atoms with Crippen LogP contribution in [0.1, 0.15) is 45.8 Å². The first kappa shape index (κ1) is 11.3. The first-order valence-electron chi connectivity index (χ1n) is 6.90. The van der Waals surface area contributed by atoms with E-state index < -0.39 is 0 Å². The van der Waals surface area contributed by atoms with Gasteiger partial charge >= 0.3 is 0 Å². The minimum Gasteiger partial charge on any atom is -0.469 e. The zero-order valence-corrected chi connectivity index (χ0v) is 11.1. The lowest BCUT2D eigenvalue weighted by molar-refractivity contribution is 0.381. The zero-order chi connectivity index (χ0) is 12.1. The molecule has 2 unspecified atom stereocenters. The van der Waals surface area contributed by atoms with Crippen molar-refractivity contribution >= 4 is 0 Å². The van der Waals surface area contributed by atoms with Crippen molar-refractivity contribution in [1.29, 1.82) is 0 Å². The summed E-state index contributed by atoms with van der Waals surface area (Å²) < 4.78 is 5.71. The van der Waals surface area contributed by atoms with Gasteiger partial charge in [0.2, 0.25) is 0 Å². The molecular weight excluding hydrogens is 210 g/mol. The van der Waals surface area contributed by atoms with Crippen molar-refractivity contribution in [1.82, 2.24) is 5.32 Å². The standard InChI is InChI=1S/C15H23NO/c1-4-15(13-6-5-9-17-13)12(14(15,2)3)10-16-11-7-8-11/h5-6,9,11-12,16H,4,7-8,10H2,1-3H3. The Balaban J connectivity index is 1.79.